The first-order chi connectivity index (χ1) is 17.0. The summed E-state index contributed by atoms with van der Waals surface area (Å²) in [5.41, 5.74) is 10.9. The van der Waals surface area contributed by atoms with Crippen molar-refractivity contribution in [3.63, 3.8) is 0 Å². The Morgan fingerprint density at radius 1 is 0.694 bits per heavy atom. The minimum atomic E-state index is -0.208. The normalized spacial score (nSPS) is 12.9. The van der Waals surface area contributed by atoms with Gasteiger partial charge in [-0.2, -0.15) is 0 Å². The molecule has 0 spiro atoms. The molecule has 0 atom stereocenters. The van der Waals surface area contributed by atoms with Gasteiger partial charge >= 0.3 is 0 Å². The lowest BCUT2D eigenvalue weighted by Gasteiger charge is -2.20. The first-order valence-electron chi connectivity index (χ1n) is 12.8. The summed E-state index contributed by atoms with van der Waals surface area (Å²) in [6.45, 7) is 19.8. The highest BCUT2D eigenvalue weighted by atomic mass is 19.1. The van der Waals surface area contributed by atoms with Crippen molar-refractivity contribution >= 4 is 23.1 Å². The van der Waals surface area contributed by atoms with Crippen molar-refractivity contribution in [2.24, 2.45) is 0 Å². The van der Waals surface area contributed by atoms with Gasteiger partial charge in [0.2, 0.25) is 0 Å². The number of aromatic amines is 1. The minimum Gasteiger partial charge on any atom is -0.354 e. The third kappa shape index (κ3) is 3.72. The summed E-state index contributed by atoms with van der Waals surface area (Å²) in [6.07, 6.45) is 5.09. The van der Waals surface area contributed by atoms with Gasteiger partial charge in [-0.15, -0.1) is 0 Å². The zero-order chi connectivity index (χ0) is 26.6. The fraction of sp³-hybridized carbons (Fsp3) is 0.333. The van der Waals surface area contributed by atoms with Crippen LogP contribution < -0.4 is 10.6 Å². The molecule has 1 nitrogen and oxygen atoms in total. The number of fused-ring (bicyclic) bond motifs is 1. The predicted molar refractivity (Wildman–Crippen MR) is 151 cm³/mol. The highest BCUT2D eigenvalue weighted by Crippen LogP contribution is 2.41. The average molecular weight is 486 g/mol. The Balaban J connectivity index is 2.29. The highest BCUT2D eigenvalue weighted by Gasteiger charge is 2.23. The number of halogens is 2. The highest BCUT2D eigenvalue weighted by molar-refractivity contribution is 6.00. The van der Waals surface area contributed by atoms with Crippen LogP contribution in [0, 0.1) is 67.0 Å². The molecule has 1 aromatic heterocycles. The van der Waals surface area contributed by atoms with Crippen molar-refractivity contribution in [2.45, 2.75) is 75.7 Å². The molecule has 0 amide bonds. The Labute approximate surface area is 213 Å². The Kier molecular flexibility index (Phi) is 6.72. The van der Waals surface area contributed by atoms with Gasteiger partial charge in [0, 0.05) is 32.6 Å². The molecule has 3 aromatic carbocycles. The van der Waals surface area contributed by atoms with Crippen LogP contribution in [0.1, 0.15) is 64.8 Å². The molecular weight excluding hydrogens is 448 g/mol. The Hall–Kier alpha value is -3.20. The molecule has 4 aromatic rings. The summed E-state index contributed by atoms with van der Waals surface area (Å²) in [4.78, 5) is 3.57. The number of hydrogen-bond donors (Lipinski definition) is 1. The number of hydrogen-bond acceptors (Lipinski definition) is 0. The van der Waals surface area contributed by atoms with Crippen molar-refractivity contribution in [2.75, 3.05) is 0 Å². The smallest absolute Gasteiger partial charge is 0.134 e. The van der Waals surface area contributed by atoms with Gasteiger partial charge in [0.05, 0.1) is 5.52 Å². The van der Waals surface area contributed by atoms with Crippen LogP contribution in [-0.2, 0) is 0 Å². The first-order valence-corrected chi connectivity index (χ1v) is 12.8. The Bertz CT molecular complexity index is 1610. The third-order valence-corrected chi connectivity index (χ3v) is 8.46. The van der Waals surface area contributed by atoms with Crippen LogP contribution in [0.15, 0.2) is 12.1 Å². The molecule has 3 heteroatoms. The van der Waals surface area contributed by atoms with E-state index in [0.717, 1.165) is 72.4 Å². The summed E-state index contributed by atoms with van der Waals surface area (Å²) >= 11 is 0. The fourth-order valence-electron chi connectivity index (χ4n) is 5.53. The van der Waals surface area contributed by atoms with E-state index in [0.29, 0.717) is 22.3 Å². The summed E-state index contributed by atoms with van der Waals surface area (Å²) in [7, 11) is 0. The molecule has 0 radical (unpaired) electrons. The number of nitrogens with one attached hydrogen (secondary N) is 1. The molecule has 4 rings (SSSR count). The monoisotopic (exact) mass is 485 g/mol. The number of benzene rings is 3. The lowest BCUT2D eigenvalue weighted by Crippen LogP contribution is -2.21. The van der Waals surface area contributed by atoms with E-state index in [4.69, 9.17) is 0 Å². The van der Waals surface area contributed by atoms with E-state index < -0.39 is 0 Å². The van der Waals surface area contributed by atoms with E-state index in [2.05, 4.69) is 31.0 Å². The molecule has 36 heavy (non-hydrogen) atoms. The van der Waals surface area contributed by atoms with E-state index in [1.54, 1.807) is 0 Å². The van der Waals surface area contributed by atoms with Gasteiger partial charge < -0.3 is 4.98 Å². The molecule has 1 heterocycles. The maximum atomic E-state index is 16.0. The van der Waals surface area contributed by atoms with Crippen LogP contribution in [0.25, 0.3) is 45.3 Å². The SMILES string of the molecule is C/C=c1/[nH]c2c(-c3c(C)c(C)c(C)c(C)c3F)cc(-c3c(C)c(C)c(C)c(C)c3F)cc2/c1=C/CC. The molecular formula is C33H37F2N. The summed E-state index contributed by atoms with van der Waals surface area (Å²) in [5, 5.41) is 3.06. The number of H-pyrrole nitrogens is 1. The van der Waals surface area contributed by atoms with Crippen molar-refractivity contribution in [1.29, 1.82) is 0 Å². The lowest BCUT2D eigenvalue weighted by atomic mass is 9.85. The van der Waals surface area contributed by atoms with Crippen LogP contribution in [0.2, 0.25) is 0 Å². The third-order valence-electron chi connectivity index (χ3n) is 8.46. The van der Waals surface area contributed by atoms with Crippen LogP contribution in [0.5, 0.6) is 0 Å². The Morgan fingerprint density at radius 3 is 1.72 bits per heavy atom. The van der Waals surface area contributed by atoms with E-state index >= 15 is 8.78 Å². The van der Waals surface area contributed by atoms with Gasteiger partial charge in [0.15, 0.2) is 0 Å². The fourth-order valence-corrected chi connectivity index (χ4v) is 5.53. The maximum absolute atomic E-state index is 16.0. The van der Waals surface area contributed by atoms with Crippen molar-refractivity contribution in [1.82, 2.24) is 4.98 Å². The molecule has 0 aliphatic rings. The molecule has 1 N–H and O–H groups in total. The van der Waals surface area contributed by atoms with Crippen molar-refractivity contribution in [3.05, 3.63) is 78.8 Å². The Morgan fingerprint density at radius 2 is 1.19 bits per heavy atom. The molecule has 0 bridgehead atoms. The van der Waals surface area contributed by atoms with E-state index in [1.807, 2.05) is 67.5 Å². The minimum absolute atomic E-state index is 0.201. The molecule has 0 unspecified atom stereocenters. The zero-order valence-electron chi connectivity index (χ0n) is 23.3. The van der Waals surface area contributed by atoms with Crippen LogP contribution in [-0.4, -0.2) is 4.98 Å². The second-order valence-electron chi connectivity index (χ2n) is 10.2. The zero-order valence-corrected chi connectivity index (χ0v) is 23.3. The standard InChI is InChI=1S/C33H37F2N/c1-11-13-25-26-14-24(29-20(7)16(3)18(5)22(9)31(29)34)15-27(33(26)36-28(25)12-2)30-21(8)17(4)19(6)23(10)32(30)35/h12-15,36H,11H2,1-10H3/b25-13-,28-12+. The van der Waals surface area contributed by atoms with Crippen LogP contribution in [0.4, 0.5) is 8.78 Å². The molecule has 0 aliphatic carbocycles. The van der Waals surface area contributed by atoms with Gasteiger partial charge in [-0.1, -0.05) is 19.1 Å². The van der Waals surface area contributed by atoms with Crippen molar-refractivity contribution < 1.29 is 8.78 Å². The van der Waals surface area contributed by atoms with Crippen LogP contribution >= 0.6 is 0 Å². The van der Waals surface area contributed by atoms with Crippen molar-refractivity contribution in [3.8, 4) is 22.3 Å². The van der Waals surface area contributed by atoms with E-state index in [1.165, 1.54) is 0 Å². The van der Waals surface area contributed by atoms with Gasteiger partial charge in [0.25, 0.3) is 0 Å². The van der Waals surface area contributed by atoms with E-state index in [-0.39, 0.29) is 11.6 Å². The number of aromatic nitrogens is 1. The largest absolute Gasteiger partial charge is 0.354 e. The molecule has 0 saturated heterocycles. The van der Waals surface area contributed by atoms with E-state index in [9.17, 15) is 0 Å². The quantitative estimate of drug-likeness (QED) is 0.301. The molecule has 0 saturated carbocycles. The summed E-state index contributed by atoms with van der Waals surface area (Å²) in [5.74, 6) is -0.409. The molecule has 0 aliphatic heterocycles. The second-order valence-corrected chi connectivity index (χ2v) is 10.2. The van der Waals surface area contributed by atoms with Gasteiger partial charge in [-0.3, -0.25) is 0 Å². The summed E-state index contributed by atoms with van der Waals surface area (Å²) in [6, 6.07) is 4.05. The van der Waals surface area contributed by atoms with Crippen LogP contribution in [0.3, 0.4) is 0 Å². The first kappa shape index (κ1) is 25.9. The average Bonchev–Trinajstić information content (AvgIpc) is 3.22. The lowest BCUT2D eigenvalue weighted by molar-refractivity contribution is 0.618. The van der Waals surface area contributed by atoms with Gasteiger partial charge in [-0.05, 0) is 131 Å². The number of rotatable bonds is 3. The molecule has 0 fully saturated rings. The topological polar surface area (TPSA) is 15.8 Å². The second kappa shape index (κ2) is 9.35. The molecule has 188 valence electrons. The predicted octanol–water partition coefficient (Wildman–Crippen LogP) is 8.24. The summed E-state index contributed by atoms with van der Waals surface area (Å²) < 4.78 is 31.9. The van der Waals surface area contributed by atoms with Gasteiger partial charge in [-0.25, -0.2) is 8.78 Å². The van der Waals surface area contributed by atoms with Gasteiger partial charge in [0.1, 0.15) is 11.6 Å². The maximum Gasteiger partial charge on any atom is 0.134 e.